The van der Waals surface area contributed by atoms with Gasteiger partial charge in [-0.15, -0.1) is 0 Å². The van der Waals surface area contributed by atoms with Gasteiger partial charge in [-0.2, -0.15) is 0 Å². The summed E-state index contributed by atoms with van der Waals surface area (Å²) in [4.78, 5) is 11.8. The molecule has 0 fully saturated rings. The average molecular weight is 313 g/mol. The van der Waals surface area contributed by atoms with E-state index in [1.54, 1.807) is 7.11 Å². The molecule has 0 saturated heterocycles. The maximum Gasteiger partial charge on any atom is 0.315 e. The number of rotatable bonds is 7. The third-order valence-corrected chi connectivity index (χ3v) is 3.51. The van der Waals surface area contributed by atoms with Gasteiger partial charge >= 0.3 is 6.03 Å². The van der Waals surface area contributed by atoms with Crippen LogP contribution < -0.4 is 21.1 Å². The van der Waals surface area contributed by atoms with Gasteiger partial charge in [-0.3, -0.25) is 0 Å². The molecule has 0 aliphatic carbocycles. The molecule has 122 valence electrons. The van der Waals surface area contributed by atoms with Gasteiger partial charge in [0.05, 0.1) is 7.11 Å². The van der Waals surface area contributed by atoms with Crippen molar-refractivity contribution in [2.45, 2.75) is 19.5 Å². The lowest BCUT2D eigenvalue weighted by atomic mass is 10.1. The van der Waals surface area contributed by atoms with Crippen LogP contribution in [0.3, 0.4) is 0 Å². The standard InChI is InChI=1S/C18H23N3O2/c1-23-17-7-3-4-14(11-17)8-9-20-18(22)21-13-16-6-2-5-15(10-16)12-19/h2-7,10-11H,8-9,12-13,19H2,1H3,(H2,20,21,22). The molecule has 0 aliphatic rings. The molecule has 4 N–H and O–H groups in total. The second-order valence-corrected chi connectivity index (χ2v) is 5.24. The van der Waals surface area contributed by atoms with E-state index in [4.69, 9.17) is 10.5 Å². The number of nitrogens with two attached hydrogens (primary N) is 1. The van der Waals surface area contributed by atoms with E-state index < -0.39 is 0 Å². The van der Waals surface area contributed by atoms with E-state index in [0.29, 0.717) is 19.6 Å². The van der Waals surface area contributed by atoms with Gasteiger partial charge in [0.1, 0.15) is 5.75 Å². The third kappa shape index (κ3) is 5.64. The first kappa shape index (κ1) is 16.8. The lowest BCUT2D eigenvalue weighted by Crippen LogP contribution is -2.36. The lowest BCUT2D eigenvalue weighted by molar-refractivity contribution is 0.240. The second kappa shape index (κ2) is 8.80. The van der Waals surface area contributed by atoms with Gasteiger partial charge < -0.3 is 21.1 Å². The molecule has 2 aromatic rings. The molecule has 2 aromatic carbocycles. The van der Waals surface area contributed by atoms with Crippen molar-refractivity contribution >= 4 is 6.03 Å². The van der Waals surface area contributed by atoms with Crippen LogP contribution in [0.15, 0.2) is 48.5 Å². The Balaban J connectivity index is 1.72. The number of hydrogen-bond acceptors (Lipinski definition) is 3. The van der Waals surface area contributed by atoms with Crippen molar-refractivity contribution in [1.29, 1.82) is 0 Å². The number of urea groups is 1. The summed E-state index contributed by atoms with van der Waals surface area (Å²) in [6.45, 7) is 1.56. The number of carbonyl (C=O) groups excluding carboxylic acids is 1. The molecule has 5 nitrogen and oxygen atoms in total. The number of nitrogens with one attached hydrogen (secondary N) is 2. The number of amides is 2. The Labute approximate surface area is 136 Å². The zero-order valence-electron chi connectivity index (χ0n) is 13.3. The average Bonchev–Trinajstić information content (AvgIpc) is 2.60. The first-order valence-corrected chi connectivity index (χ1v) is 7.64. The van der Waals surface area contributed by atoms with Crippen LogP contribution in [-0.4, -0.2) is 19.7 Å². The Hall–Kier alpha value is -2.53. The largest absolute Gasteiger partial charge is 0.497 e. The number of hydrogen-bond donors (Lipinski definition) is 3. The highest BCUT2D eigenvalue weighted by molar-refractivity contribution is 5.73. The molecule has 0 spiro atoms. The highest BCUT2D eigenvalue weighted by atomic mass is 16.5. The fourth-order valence-corrected chi connectivity index (χ4v) is 2.26. The first-order chi connectivity index (χ1) is 11.2. The van der Waals surface area contributed by atoms with Crippen molar-refractivity contribution in [2.75, 3.05) is 13.7 Å². The Kier molecular flexibility index (Phi) is 6.44. The maximum atomic E-state index is 11.8. The molecule has 0 radical (unpaired) electrons. The van der Waals surface area contributed by atoms with Crippen molar-refractivity contribution < 1.29 is 9.53 Å². The summed E-state index contributed by atoms with van der Waals surface area (Å²) < 4.78 is 5.18. The second-order valence-electron chi connectivity index (χ2n) is 5.24. The molecule has 0 aromatic heterocycles. The molecule has 5 heteroatoms. The molecule has 0 heterocycles. The van der Waals surface area contributed by atoms with Crippen LogP contribution in [0.5, 0.6) is 5.75 Å². The van der Waals surface area contributed by atoms with Gasteiger partial charge in [-0.05, 0) is 35.2 Å². The minimum atomic E-state index is -0.175. The quantitative estimate of drug-likeness (QED) is 0.733. The number of methoxy groups -OCH3 is 1. The minimum absolute atomic E-state index is 0.175. The molecule has 2 rings (SSSR count). The molecule has 2 amide bonds. The van der Waals surface area contributed by atoms with Crippen LogP contribution in [0.4, 0.5) is 4.79 Å². The fraction of sp³-hybridized carbons (Fsp3) is 0.278. The topological polar surface area (TPSA) is 76.4 Å². The fourth-order valence-electron chi connectivity index (χ4n) is 2.26. The summed E-state index contributed by atoms with van der Waals surface area (Å²) in [5.41, 5.74) is 8.83. The van der Waals surface area contributed by atoms with Crippen molar-refractivity contribution in [3.63, 3.8) is 0 Å². The maximum absolute atomic E-state index is 11.8. The zero-order valence-corrected chi connectivity index (χ0v) is 13.3. The monoisotopic (exact) mass is 313 g/mol. The number of benzene rings is 2. The molecular formula is C18H23N3O2. The molecular weight excluding hydrogens is 290 g/mol. The van der Waals surface area contributed by atoms with Gasteiger partial charge in [0, 0.05) is 19.6 Å². The predicted octanol–water partition coefficient (Wildman–Crippen LogP) is 2.20. The summed E-state index contributed by atoms with van der Waals surface area (Å²) in [5.74, 6) is 0.826. The molecule has 0 aliphatic heterocycles. The summed E-state index contributed by atoms with van der Waals surface area (Å²) >= 11 is 0. The number of ether oxygens (including phenoxy) is 1. The Morgan fingerprint density at radius 1 is 1.04 bits per heavy atom. The molecule has 0 saturated carbocycles. The van der Waals surface area contributed by atoms with E-state index in [1.165, 1.54) is 0 Å². The molecule has 23 heavy (non-hydrogen) atoms. The summed E-state index contributed by atoms with van der Waals surface area (Å²) in [5, 5.41) is 5.70. The molecule has 0 unspecified atom stereocenters. The van der Waals surface area contributed by atoms with E-state index >= 15 is 0 Å². The van der Waals surface area contributed by atoms with Crippen LogP contribution in [0.25, 0.3) is 0 Å². The summed E-state index contributed by atoms with van der Waals surface area (Å²) in [6, 6.07) is 15.5. The van der Waals surface area contributed by atoms with E-state index in [0.717, 1.165) is 28.9 Å². The normalized spacial score (nSPS) is 10.2. The van der Waals surface area contributed by atoms with Crippen molar-refractivity contribution in [3.05, 3.63) is 65.2 Å². The van der Waals surface area contributed by atoms with Crippen LogP contribution in [-0.2, 0) is 19.5 Å². The Morgan fingerprint density at radius 3 is 2.57 bits per heavy atom. The number of carbonyl (C=O) groups is 1. The first-order valence-electron chi connectivity index (χ1n) is 7.64. The highest BCUT2D eigenvalue weighted by Crippen LogP contribution is 2.12. The molecule has 0 bridgehead atoms. The van der Waals surface area contributed by atoms with E-state index in [-0.39, 0.29) is 6.03 Å². The Bertz CT molecular complexity index is 644. The van der Waals surface area contributed by atoms with Gasteiger partial charge in [0.2, 0.25) is 0 Å². The van der Waals surface area contributed by atoms with Crippen molar-refractivity contribution in [2.24, 2.45) is 5.73 Å². The smallest absolute Gasteiger partial charge is 0.315 e. The van der Waals surface area contributed by atoms with E-state index in [2.05, 4.69) is 10.6 Å². The molecule has 0 atom stereocenters. The van der Waals surface area contributed by atoms with E-state index in [1.807, 2.05) is 48.5 Å². The van der Waals surface area contributed by atoms with Gasteiger partial charge in [0.15, 0.2) is 0 Å². The van der Waals surface area contributed by atoms with Crippen LogP contribution in [0, 0.1) is 0 Å². The van der Waals surface area contributed by atoms with Crippen LogP contribution in [0.1, 0.15) is 16.7 Å². The summed E-state index contributed by atoms with van der Waals surface area (Å²) in [7, 11) is 1.64. The third-order valence-electron chi connectivity index (χ3n) is 3.51. The van der Waals surface area contributed by atoms with Gasteiger partial charge in [-0.25, -0.2) is 4.79 Å². The minimum Gasteiger partial charge on any atom is -0.497 e. The summed E-state index contributed by atoms with van der Waals surface area (Å²) in [6.07, 6.45) is 0.757. The Morgan fingerprint density at radius 2 is 1.78 bits per heavy atom. The zero-order chi connectivity index (χ0) is 16.5. The predicted molar refractivity (Wildman–Crippen MR) is 91.3 cm³/mol. The lowest BCUT2D eigenvalue weighted by Gasteiger charge is -2.09. The van der Waals surface area contributed by atoms with Gasteiger partial charge in [-0.1, -0.05) is 36.4 Å². The van der Waals surface area contributed by atoms with Crippen molar-refractivity contribution in [3.8, 4) is 5.75 Å². The van der Waals surface area contributed by atoms with Crippen LogP contribution >= 0.6 is 0 Å². The van der Waals surface area contributed by atoms with E-state index in [9.17, 15) is 4.79 Å². The van der Waals surface area contributed by atoms with Crippen molar-refractivity contribution in [1.82, 2.24) is 10.6 Å². The SMILES string of the molecule is COc1cccc(CCNC(=O)NCc2cccc(CN)c2)c1. The highest BCUT2D eigenvalue weighted by Gasteiger charge is 2.02. The van der Waals surface area contributed by atoms with Gasteiger partial charge in [0.25, 0.3) is 0 Å². The van der Waals surface area contributed by atoms with Crippen LogP contribution in [0.2, 0.25) is 0 Å².